The summed E-state index contributed by atoms with van der Waals surface area (Å²) in [5.41, 5.74) is 1.31. The monoisotopic (exact) mass is 1080 g/mol. The lowest BCUT2D eigenvalue weighted by Gasteiger charge is -2.38. The van der Waals surface area contributed by atoms with Gasteiger partial charge in [-0.25, -0.2) is 0 Å². The highest BCUT2D eigenvalue weighted by atomic mass is 16.2. The summed E-state index contributed by atoms with van der Waals surface area (Å²) >= 11 is 0. The molecular weight excluding hydrogens is 989 g/mol. The molecule has 0 radical (unpaired) electrons. The van der Waals surface area contributed by atoms with Crippen LogP contribution in [0.3, 0.4) is 0 Å². The zero-order valence-corrected chi connectivity index (χ0v) is 48.2. The molecular formula is C60H88N10O8. The highest BCUT2D eigenvalue weighted by molar-refractivity contribution is 6.01. The van der Waals surface area contributed by atoms with Crippen molar-refractivity contribution < 1.29 is 38.4 Å². The number of nitrogens with one attached hydrogen (secondary N) is 6. The number of benzene rings is 3. The van der Waals surface area contributed by atoms with Crippen LogP contribution in [0, 0.1) is 10.8 Å². The average molecular weight is 1080 g/mol. The van der Waals surface area contributed by atoms with Crippen LogP contribution < -0.4 is 31.9 Å². The number of likely N-dealkylation sites (N-methyl/N-ethyl adjacent to an activating group) is 2. The van der Waals surface area contributed by atoms with E-state index in [1.165, 1.54) is 24.3 Å². The van der Waals surface area contributed by atoms with E-state index in [1.54, 1.807) is 61.4 Å². The molecule has 78 heavy (non-hydrogen) atoms. The van der Waals surface area contributed by atoms with Crippen molar-refractivity contribution in [3.8, 4) is 0 Å². The van der Waals surface area contributed by atoms with Gasteiger partial charge in [0.15, 0.2) is 0 Å². The Balaban J connectivity index is 1.26. The number of nitrogens with zero attached hydrogens (tertiary/aromatic N) is 4. The predicted octanol–water partition coefficient (Wildman–Crippen LogP) is 4.33. The van der Waals surface area contributed by atoms with E-state index in [0.29, 0.717) is 51.9 Å². The van der Waals surface area contributed by atoms with Crippen LogP contribution in [-0.2, 0) is 41.6 Å². The van der Waals surface area contributed by atoms with E-state index in [4.69, 9.17) is 0 Å². The summed E-state index contributed by atoms with van der Waals surface area (Å²) in [6.45, 7) is 20.3. The van der Waals surface area contributed by atoms with E-state index in [2.05, 4.69) is 31.9 Å². The van der Waals surface area contributed by atoms with E-state index in [0.717, 1.165) is 24.0 Å². The summed E-state index contributed by atoms with van der Waals surface area (Å²) < 4.78 is 0. The summed E-state index contributed by atoms with van der Waals surface area (Å²) in [4.78, 5) is 118. The van der Waals surface area contributed by atoms with Gasteiger partial charge in [0.05, 0.1) is 12.1 Å². The molecule has 2 aliphatic heterocycles. The number of carbonyl (C=O) groups is 8. The van der Waals surface area contributed by atoms with Crippen molar-refractivity contribution >= 4 is 47.3 Å². The Bertz CT molecular complexity index is 2340. The smallest absolute Gasteiger partial charge is 0.251 e. The van der Waals surface area contributed by atoms with Crippen molar-refractivity contribution in [3.05, 3.63) is 107 Å². The van der Waals surface area contributed by atoms with E-state index < -0.39 is 58.9 Å². The van der Waals surface area contributed by atoms with E-state index >= 15 is 0 Å². The third-order valence-corrected chi connectivity index (χ3v) is 15.1. The Morgan fingerprint density at radius 3 is 1.14 bits per heavy atom. The van der Waals surface area contributed by atoms with Gasteiger partial charge in [-0.2, -0.15) is 0 Å². The highest BCUT2D eigenvalue weighted by Gasteiger charge is 2.43. The summed E-state index contributed by atoms with van der Waals surface area (Å²) in [6, 6.07) is 20.4. The van der Waals surface area contributed by atoms with Gasteiger partial charge in [0, 0.05) is 62.5 Å². The van der Waals surface area contributed by atoms with Crippen LogP contribution >= 0.6 is 0 Å². The minimum Gasteiger partial charge on any atom is -0.342 e. The lowest BCUT2D eigenvalue weighted by Crippen LogP contribution is -2.59. The second kappa shape index (κ2) is 28.3. The standard InChI is InChI=1S/C60H88N10O8/c1-39(61-11)51(71)65-49(59(5,6)7)57(77)69-33-19-25-47(69)37-67(35-31-43-21-15-13-16-22-43)55(75)41(3)63-53(73)45-27-29-46(30-28-45)54(74)64-42(4)56(76)68(36-32-44-23-17-14-18-24-44)38-48-26-20-34-70(48)58(78)50(60(8,9)10)66-52(72)40(2)62-12/h13-18,21-24,27-30,39-42,47-50,61-62H,19-20,25-26,31-38H2,1-12H3,(H,63,73)(H,64,74)(H,65,71)(H,66,72)/t39-,40-,41+,42+,47-,48?,49+,50+/m0/s1. The fourth-order valence-electron chi connectivity index (χ4n) is 9.97. The van der Waals surface area contributed by atoms with Crippen LogP contribution in [-0.4, -0.2) is 169 Å². The molecule has 3 aromatic carbocycles. The third kappa shape index (κ3) is 17.2. The van der Waals surface area contributed by atoms with E-state index in [9.17, 15) is 38.4 Å². The first kappa shape index (κ1) is 62.2. The Morgan fingerprint density at radius 2 is 0.833 bits per heavy atom. The van der Waals surface area contributed by atoms with Crippen molar-refractivity contribution in [2.75, 3.05) is 53.4 Å². The predicted molar refractivity (Wildman–Crippen MR) is 303 cm³/mol. The quantitative estimate of drug-likeness (QED) is 0.0746. The van der Waals surface area contributed by atoms with Gasteiger partial charge in [0.2, 0.25) is 35.4 Å². The summed E-state index contributed by atoms with van der Waals surface area (Å²) in [5, 5.41) is 17.5. The molecule has 0 saturated carbocycles. The molecule has 2 fully saturated rings. The normalized spacial score (nSPS) is 17.9. The Labute approximate surface area is 462 Å². The van der Waals surface area contributed by atoms with Crippen molar-refractivity contribution in [3.63, 3.8) is 0 Å². The Morgan fingerprint density at radius 1 is 0.500 bits per heavy atom. The molecule has 426 valence electrons. The van der Waals surface area contributed by atoms with E-state index in [-0.39, 0.29) is 71.7 Å². The van der Waals surface area contributed by atoms with Crippen molar-refractivity contribution in [1.29, 1.82) is 0 Å². The molecule has 2 saturated heterocycles. The van der Waals surface area contributed by atoms with Crippen LogP contribution in [0.1, 0.15) is 127 Å². The Hall–Kier alpha value is -6.66. The molecule has 2 aliphatic rings. The van der Waals surface area contributed by atoms with Crippen molar-refractivity contribution in [2.24, 2.45) is 10.8 Å². The molecule has 6 N–H and O–H groups in total. The van der Waals surface area contributed by atoms with Gasteiger partial charge in [-0.1, -0.05) is 102 Å². The number of hydrogen-bond donors (Lipinski definition) is 6. The number of amides is 8. The lowest BCUT2D eigenvalue weighted by molar-refractivity contribution is -0.142. The molecule has 8 atom stereocenters. The molecule has 2 heterocycles. The number of rotatable bonds is 24. The van der Waals surface area contributed by atoms with Crippen LogP contribution in [0.4, 0.5) is 0 Å². The maximum atomic E-state index is 14.4. The molecule has 18 nitrogen and oxygen atoms in total. The summed E-state index contributed by atoms with van der Waals surface area (Å²) in [7, 11) is 3.37. The maximum absolute atomic E-state index is 14.4. The molecule has 0 aromatic heterocycles. The van der Waals surface area contributed by atoms with Crippen LogP contribution in [0.2, 0.25) is 0 Å². The van der Waals surface area contributed by atoms with Gasteiger partial charge < -0.3 is 51.5 Å². The topological polar surface area (TPSA) is 222 Å². The second-order valence-corrected chi connectivity index (χ2v) is 23.3. The van der Waals surface area contributed by atoms with Gasteiger partial charge in [0.1, 0.15) is 24.2 Å². The minimum absolute atomic E-state index is 0.201. The highest BCUT2D eigenvalue weighted by Crippen LogP contribution is 2.29. The van der Waals surface area contributed by atoms with Gasteiger partial charge >= 0.3 is 0 Å². The zero-order valence-electron chi connectivity index (χ0n) is 48.2. The van der Waals surface area contributed by atoms with Crippen LogP contribution in [0.5, 0.6) is 0 Å². The summed E-state index contributed by atoms with van der Waals surface area (Å²) in [6.07, 6.45) is 3.90. The average Bonchev–Trinajstić information content (AvgIpc) is 4.10. The summed E-state index contributed by atoms with van der Waals surface area (Å²) in [5.74, 6) is -2.65. The minimum atomic E-state index is -0.953. The number of carbonyl (C=O) groups excluding carboxylic acids is 8. The fraction of sp³-hybridized carbons (Fsp3) is 0.567. The lowest BCUT2D eigenvalue weighted by atomic mass is 9.85. The number of hydrogen-bond acceptors (Lipinski definition) is 10. The Kier molecular flexibility index (Phi) is 22.6. The van der Waals surface area contributed by atoms with Gasteiger partial charge in [-0.15, -0.1) is 0 Å². The van der Waals surface area contributed by atoms with E-state index in [1.807, 2.05) is 102 Å². The third-order valence-electron chi connectivity index (χ3n) is 15.1. The van der Waals surface area contributed by atoms with Gasteiger partial charge in [-0.05, 0) is 127 Å². The number of likely N-dealkylation sites (tertiary alicyclic amines) is 2. The first-order chi connectivity index (χ1) is 36.8. The maximum Gasteiger partial charge on any atom is 0.251 e. The first-order valence-electron chi connectivity index (χ1n) is 27.8. The van der Waals surface area contributed by atoms with Gasteiger partial charge in [-0.3, -0.25) is 38.4 Å². The molecule has 0 bridgehead atoms. The fourth-order valence-corrected chi connectivity index (χ4v) is 9.97. The van der Waals surface area contributed by atoms with Crippen molar-refractivity contribution in [2.45, 2.75) is 156 Å². The van der Waals surface area contributed by atoms with Crippen molar-refractivity contribution in [1.82, 2.24) is 51.5 Å². The van der Waals surface area contributed by atoms with Gasteiger partial charge in [0.25, 0.3) is 11.8 Å². The molecule has 1 unspecified atom stereocenters. The molecule has 18 heteroatoms. The molecule has 0 aliphatic carbocycles. The zero-order chi connectivity index (χ0) is 57.5. The molecule has 5 rings (SSSR count). The molecule has 0 spiro atoms. The van der Waals surface area contributed by atoms with Crippen LogP contribution in [0.25, 0.3) is 0 Å². The van der Waals surface area contributed by atoms with Crippen LogP contribution in [0.15, 0.2) is 84.9 Å². The molecule has 3 aromatic rings. The SMILES string of the molecule is CN[C@@H](C)C(=O)N[C@H](C(=O)N1CCCC1CN(CCc1ccccc1)C(=O)[C@@H](C)NC(=O)c1ccc(C(=O)N[C@H](C)C(=O)N(CCc2ccccc2)C[C@@H]2CCCN2C(=O)[C@@H](NC(=O)[C@H](C)NC)C(C)(C)C)cc1)C(C)(C)C. The second-order valence-electron chi connectivity index (χ2n) is 23.3. The largest absolute Gasteiger partial charge is 0.342 e. The molecule has 8 amide bonds. The first-order valence-corrected chi connectivity index (χ1v) is 27.8.